The van der Waals surface area contributed by atoms with Crippen LogP contribution < -0.4 is 0 Å². The van der Waals surface area contributed by atoms with Crippen LogP contribution in [0.25, 0.3) is 0 Å². The predicted octanol–water partition coefficient (Wildman–Crippen LogP) is 4.59. The molecule has 0 spiro atoms. The molecule has 86 valence electrons. The Bertz CT molecular complexity index is 404. The highest BCUT2D eigenvalue weighted by Gasteiger charge is 2.15. The van der Waals surface area contributed by atoms with Crippen LogP contribution in [0.4, 0.5) is 5.69 Å². The zero-order valence-electron chi connectivity index (χ0n) is 10.6. The number of hydrogen-bond acceptors (Lipinski definition) is 1. The molecule has 16 heavy (non-hydrogen) atoms. The molecule has 2 rings (SSSR count). The van der Waals surface area contributed by atoms with E-state index < -0.39 is 0 Å². The first-order valence-corrected chi connectivity index (χ1v) is 6.31. The minimum absolute atomic E-state index is 0.675. The highest BCUT2D eigenvalue weighted by atomic mass is 14.8. The topological polar surface area (TPSA) is 12.4 Å². The van der Waals surface area contributed by atoms with Gasteiger partial charge in [0.2, 0.25) is 0 Å². The van der Waals surface area contributed by atoms with Gasteiger partial charge >= 0.3 is 0 Å². The number of rotatable bonds is 1. The number of aliphatic imine (C=N–C) groups is 1. The lowest BCUT2D eigenvalue weighted by Gasteiger charge is -2.20. The maximum absolute atomic E-state index is 4.86. The summed E-state index contributed by atoms with van der Waals surface area (Å²) < 4.78 is 0. The van der Waals surface area contributed by atoms with Crippen molar-refractivity contribution in [2.75, 3.05) is 0 Å². The van der Waals surface area contributed by atoms with E-state index in [9.17, 15) is 0 Å². The summed E-state index contributed by atoms with van der Waals surface area (Å²) in [6.07, 6.45) is 5.18. The molecule has 1 aliphatic rings. The van der Waals surface area contributed by atoms with Crippen molar-refractivity contribution in [1.29, 1.82) is 0 Å². The molecule has 1 atom stereocenters. The molecule has 1 fully saturated rings. The lowest BCUT2D eigenvalue weighted by Crippen LogP contribution is -2.15. The van der Waals surface area contributed by atoms with Gasteiger partial charge < -0.3 is 0 Å². The van der Waals surface area contributed by atoms with Crippen molar-refractivity contribution in [3.8, 4) is 0 Å². The minimum Gasteiger partial charge on any atom is -0.257 e. The number of benzene rings is 1. The molecule has 1 aliphatic carbocycles. The predicted molar refractivity (Wildman–Crippen MR) is 70.6 cm³/mol. The minimum atomic E-state index is 0.675. The number of hydrogen-bond donors (Lipinski definition) is 0. The van der Waals surface area contributed by atoms with Crippen LogP contribution in [0.15, 0.2) is 23.2 Å². The van der Waals surface area contributed by atoms with Gasteiger partial charge in [0, 0.05) is 5.71 Å². The monoisotopic (exact) mass is 215 g/mol. The van der Waals surface area contributed by atoms with E-state index in [0.717, 1.165) is 5.69 Å². The second-order valence-electron chi connectivity index (χ2n) is 5.04. The second kappa shape index (κ2) is 4.82. The Hall–Kier alpha value is -1.11. The highest BCUT2D eigenvalue weighted by Crippen LogP contribution is 2.26. The number of aryl methyl sites for hydroxylation is 2. The molecule has 1 unspecified atom stereocenters. The normalized spacial score (nSPS) is 23.7. The fourth-order valence-electron chi connectivity index (χ4n) is 2.42. The summed E-state index contributed by atoms with van der Waals surface area (Å²) in [7, 11) is 0. The van der Waals surface area contributed by atoms with Crippen LogP contribution in [0.5, 0.6) is 0 Å². The van der Waals surface area contributed by atoms with Crippen molar-refractivity contribution < 1.29 is 0 Å². The molecule has 0 bridgehead atoms. The molecule has 1 saturated carbocycles. The lowest BCUT2D eigenvalue weighted by atomic mass is 9.88. The summed E-state index contributed by atoms with van der Waals surface area (Å²) in [5.74, 6) is 0.675. The van der Waals surface area contributed by atoms with E-state index in [1.54, 1.807) is 0 Å². The van der Waals surface area contributed by atoms with Gasteiger partial charge in [-0.3, -0.25) is 4.99 Å². The third-order valence-corrected chi connectivity index (χ3v) is 3.51. The van der Waals surface area contributed by atoms with E-state index in [0.29, 0.717) is 5.92 Å². The SMILES string of the molecule is Cc1ccc(N=C2CCCCC2C)c(C)c1. The van der Waals surface area contributed by atoms with Crippen molar-refractivity contribution in [1.82, 2.24) is 0 Å². The van der Waals surface area contributed by atoms with Gasteiger partial charge in [-0.1, -0.05) is 31.0 Å². The van der Waals surface area contributed by atoms with Gasteiger partial charge in [-0.2, -0.15) is 0 Å². The van der Waals surface area contributed by atoms with Crippen molar-refractivity contribution in [2.24, 2.45) is 10.9 Å². The molecular weight excluding hydrogens is 194 g/mol. The Morgan fingerprint density at radius 3 is 2.69 bits per heavy atom. The van der Waals surface area contributed by atoms with E-state index in [1.165, 1.54) is 42.5 Å². The summed E-state index contributed by atoms with van der Waals surface area (Å²) in [6.45, 7) is 6.59. The summed E-state index contributed by atoms with van der Waals surface area (Å²) in [5, 5.41) is 0. The molecule has 0 aliphatic heterocycles. The molecule has 1 aromatic rings. The van der Waals surface area contributed by atoms with Gasteiger partial charge in [0.1, 0.15) is 0 Å². The first kappa shape index (κ1) is 11.4. The molecule has 0 radical (unpaired) electrons. The van der Waals surface area contributed by atoms with Crippen LogP contribution >= 0.6 is 0 Å². The van der Waals surface area contributed by atoms with E-state index in [-0.39, 0.29) is 0 Å². The van der Waals surface area contributed by atoms with Crippen LogP contribution in [-0.4, -0.2) is 5.71 Å². The van der Waals surface area contributed by atoms with Crippen LogP contribution in [0, 0.1) is 19.8 Å². The molecule has 0 aromatic heterocycles. The van der Waals surface area contributed by atoms with Crippen molar-refractivity contribution in [3.63, 3.8) is 0 Å². The molecule has 1 aromatic carbocycles. The Balaban J connectivity index is 2.27. The summed E-state index contributed by atoms with van der Waals surface area (Å²) >= 11 is 0. The zero-order chi connectivity index (χ0) is 11.5. The highest BCUT2D eigenvalue weighted by molar-refractivity contribution is 5.89. The maximum atomic E-state index is 4.86. The van der Waals surface area contributed by atoms with Crippen LogP contribution in [-0.2, 0) is 0 Å². The van der Waals surface area contributed by atoms with Crippen LogP contribution in [0.2, 0.25) is 0 Å². The van der Waals surface area contributed by atoms with Gasteiger partial charge in [-0.05, 0) is 50.7 Å². The Morgan fingerprint density at radius 1 is 1.19 bits per heavy atom. The molecule has 0 saturated heterocycles. The van der Waals surface area contributed by atoms with E-state index in [1.807, 2.05) is 0 Å². The summed E-state index contributed by atoms with van der Waals surface area (Å²) in [4.78, 5) is 4.86. The van der Waals surface area contributed by atoms with Crippen LogP contribution in [0.3, 0.4) is 0 Å². The average molecular weight is 215 g/mol. The Kier molecular flexibility index (Phi) is 3.42. The fourth-order valence-corrected chi connectivity index (χ4v) is 2.42. The molecule has 0 amide bonds. The van der Waals surface area contributed by atoms with E-state index in [2.05, 4.69) is 39.0 Å². The zero-order valence-corrected chi connectivity index (χ0v) is 10.6. The molecule has 1 heteroatoms. The standard InChI is InChI=1S/C15H21N/c1-11-8-9-15(13(3)10-11)16-14-7-5-4-6-12(14)2/h8-10,12H,4-7H2,1-3H3. The third-order valence-electron chi connectivity index (χ3n) is 3.51. The second-order valence-corrected chi connectivity index (χ2v) is 5.04. The smallest absolute Gasteiger partial charge is 0.0658 e. The Labute approximate surface area is 98.6 Å². The Morgan fingerprint density at radius 2 is 2.00 bits per heavy atom. The molecule has 0 heterocycles. The van der Waals surface area contributed by atoms with Crippen molar-refractivity contribution in [2.45, 2.75) is 46.5 Å². The van der Waals surface area contributed by atoms with Gasteiger partial charge in [-0.25, -0.2) is 0 Å². The van der Waals surface area contributed by atoms with Gasteiger partial charge in [-0.15, -0.1) is 0 Å². The van der Waals surface area contributed by atoms with Gasteiger partial charge in [0.15, 0.2) is 0 Å². The molecule has 1 nitrogen and oxygen atoms in total. The van der Waals surface area contributed by atoms with Crippen LogP contribution in [0.1, 0.15) is 43.7 Å². The van der Waals surface area contributed by atoms with E-state index in [4.69, 9.17) is 4.99 Å². The first-order valence-electron chi connectivity index (χ1n) is 6.31. The first-order chi connectivity index (χ1) is 7.66. The third kappa shape index (κ3) is 2.52. The quantitative estimate of drug-likeness (QED) is 0.650. The maximum Gasteiger partial charge on any atom is 0.0658 e. The average Bonchev–Trinajstić information content (AvgIpc) is 2.25. The largest absolute Gasteiger partial charge is 0.257 e. The molecule has 0 N–H and O–H groups in total. The fraction of sp³-hybridized carbons (Fsp3) is 0.533. The summed E-state index contributed by atoms with van der Waals surface area (Å²) in [6, 6.07) is 6.52. The summed E-state index contributed by atoms with van der Waals surface area (Å²) in [5.41, 5.74) is 5.18. The lowest BCUT2D eigenvalue weighted by molar-refractivity contribution is 0.560. The number of nitrogens with zero attached hydrogens (tertiary/aromatic N) is 1. The van der Waals surface area contributed by atoms with Crippen molar-refractivity contribution in [3.05, 3.63) is 29.3 Å². The van der Waals surface area contributed by atoms with E-state index >= 15 is 0 Å². The van der Waals surface area contributed by atoms with Gasteiger partial charge in [0.05, 0.1) is 5.69 Å². The van der Waals surface area contributed by atoms with Crippen molar-refractivity contribution >= 4 is 11.4 Å². The molecular formula is C15H21N. The van der Waals surface area contributed by atoms with Gasteiger partial charge in [0.25, 0.3) is 0 Å².